The Morgan fingerprint density at radius 2 is 1.91 bits per heavy atom. The van der Waals surface area contributed by atoms with Gasteiger partial charge >= 0.3 is 5.57 Å². The first-order valence-electron chi connectivity index (χ1n) is 11.0. The summed E-state index contributed by atoms with van der Waals surface area (Å²) in [6.07, 6.45) is 2.47. The monoisotopic (exact) mass is 575 g/mol. The van der Waals surface area contributed by atoms with E-state index in [1.165, 1.54) is 30.5 Å². The van der Waals surface area contributed by atoms with Crippen molar-refractivity contribution in [1.82, 2.24) is 4.98 Å². The van der Waals surface area contributed by atoms with Crippen LogP contribution in [0.1, 0.15) is 37.6 Å². The van der Waals surface area contributed by atoms with Crippen LogP contribution >= 0.6 is 27.5 Å². The molecule has 1 N–H and O–H groups in total. The number of nitrogens with zero attached hydrogens (tertiary/aromatic N) is 2. The fourth-order valence-corrected chi connectivity index (χ4v) is 5.57. The average molecular weight is 577 g/mol. The maximum Gasteiger partial charge on any atom is 0.487 e. The maximum absolute atomic E-state index is 12.7. The summed E-state index contributed by atoms with van der Waals surface area (Å²) in [6, 6.07) is 7.20. The molecule has 0 bridgehead atoms. The number of nitrogens with one attached hydrogen (secondary N) is 1. The third kappa shape index (κ3) is 6.90. The second-order valence-corrected chi connectivity index (χ2v) is 13.2. The molecular weight excluding hydrogens is 548 g/mol. The van der Waals surface area contributed by atoms with Gasteiger partial charge in [0.25, 0.3) is 5.91 Å². The Morgan fingerprint density at radius 1 is 1.26 bits per heavy atom. The van der Waals surface area contributed by atoms with E-state index in [-0.39, 0.29) is 23.3 Å². The van der Waals surface area contributed by atoms with Crippen LogP contribution in [0, 0.1) is 11.3 Å². The van der Waals surface area contributed by atoms with Crippen LogP contribution in [0.2, 0.25) is 13.1 Å². The highest BCUT2D eigenvalue weighted by Crippen LogP contribution is 2.42. The second kappa shape index (κ2) is 10.5. The number of rotatable bonds is 7. The Hall–Kier alpha value is -1.75. The lowest BCUT2D eigenvalue weighted by Crippen LogP contribution is -2.42. The number of alkyl halides is 3. The molecular formula is C23H29BrClF2N3O3Si. The standard InChI is InChI=1S/C23H29BrClF2N3O3Si/c1-22(2,3)17-10-11-30(21(17)33-34(4)5)19-18(24)12-14(13-28-19)20(31)29-15-6-8-16(9-7-15)32-23(25,26)27/h6-9,12-13,17,21,34H,10-11H2,1-5H3,(H,29,31). The molecule has 0 aliphatic carbocycles. The first kappa shape index (κ1) is 26.8. The van der Waals surface area contributed by atoms with Crippen LogP contribution in [0.5, 0.6) is 5.75 Å². The van der Waals surface area contributed by atoms with Gasteiger partial charge in [-0.05, 0) is 71.2 Å². The fraction of sp³-hybridized carbons (Fsp3) is 0.478. The van der Waals surface area contributed by atoms with Gasteiger partial charge in [-0.25, -0.2) is 4.98 Å². The number of pyridine rings is 1. The summed E-state index contributed by atoms with van der Waals surface area (Å²) in [7, 11) is -1.30. The van der Waals surface area contributed by atoms with Crippen molar-refractivity contribution in [3.63, 3.8) is 0 Å². The molecule has 0 spiro atoms. The van der Waals surface area contributed by atoms with E-state index in [9.17, 15) is 13.6 Å². The molecule has 1 fully saturated rings. The zero-order valence-corrected chi connectivity index (χ0v) is 23.2. The SMILES string of the molecule is C[SiH](C)OC1C(C(C)(C)C)CCN1c1ncc(C(=O)Nc2ccc(OC(F)(F)Cl)cc2)cc1Br. The number of aromatic nitrogens is 1. The normalized spacial score (nSPS) is 18.9. The highest BCUT2D eigenvalue weighted by molar-refractivity contribution is 9.10. The summed E-state index contributed by atoms with van der Waals surface area (Å²) in [5.41, 5.74) is -2.94. The van der Waals surface area contributed by atoms with Gasteiger partial charge in [-0.2, -0.15) is 0 Å². The average Bonchev–Trinajstić information content (AvgIpc) is 3.11. The van der Waals surface area contributed by atoms with Gasteiger partial charge in [-0.3, -0.25) is 4.79 Å². The van der Waals surface area contributed by atoms with Gasteiger partial charge in [0.2, 0.25) is 0 Å². The van der Waals surface area contributed by atoms with Gasteiger partial charge in [-0.15, -0.1) is 8.78 Å². The molecule has 1 aromatic carbocycles. The Kier molecular flexibility index (Phi) is 8.27. The number of anilines is 2. The van der Waals surface area contributed by atoms with Crippen LogP contribution < -0.4 is 15.0 Å². The largest absolute Gasteiger partial charge is 0.487 e. The number of hydrogen-bond donors (Lipinski definition) is 1. The third-order valence-corrected chi connectivity index (χ3v) is 7.04. The minimum Gasteiger partial charge on any atom is -0.420 e. The van der Waals surface area contributed by atoms with Gasteiger partial charge in [-0.1, -0.05) is 20.8 Å². The molecule has 6 nitrogen and oxygen atoms in total. The molecule has 2 aromatic rings. The molecule has 186 valence electrons. The number of ether oxygens (including phenoxy) is 1. The van der Waals surface area contributed by atoms with E-state index in [0.29, 0.717) is 21.6 Å². The minimum absolute atomic E-state index is 0.0590. The van der Waals surface area contributed by atoms with Crippen LogP contribution in [0.3, 0.4) is 0 Å². The molecule has 11 heteroatoms. The zero-order valence-electron chi connectivity index (χ0n) is 19.7. The van der Waals surface area contributed by atoms with E-state index in [0.717, 1.165) is 18.8 Å². The van der Waals surface area contributed by atoms with Crippen LogP contribution in [0.25, 0.3) is 0 Å². The highest BCUT2D eigenvalue weighted by Gasteiger charge is 2.43. The Morgan fingerprint density at radius 3 is 2.44 bits per heavy atom. The van der Waals surface area contributed by atoms with E-state index in [4.69, 9.17) is 16.0 Å². The van der Waals surface area contributed by atoms with E-state index in [1.807, 2.05) is 0 Å². The lowest BCUT2D eigenvalue weighted by atomic mass is 9.79. The predicted molar refractivity (Wildman–Crippen MR) is 136 cm³/mol. The van der Waals surface area contributed by atoms with Gasteiger partial charge in [0.1, 0.15) is 17.8 Å². The maximum atomic E-state index is 12.7. The van der Waals surface area contributed by atoms with Crippen molar-refractivity contribution in [2.45, 2.75) is 52.1 Å². The van der Waals surface area contributed by atoms with Crippen molar-refractivity contribution in [1.29, 1.82) is 0 Å². The van der Waals surface area contributed by atoms with E-state index in [2.05, 4.69) is 69.7 Å². The molecule has 2 atom stereocenters. The summed E-state index contributed by atoms with van der Waals surface area (Å²) >= 11 is 8.35. The fourth-order valence-electron chi connectivity index (χ4n) is 4.01. The molecule has 1 aromatic heterocycles. The van der Waals surface area contributed by atoms with E-state index >= 15 is 0 Å². The molecule has 0 saturated carbocycles. The molecule has 0 radical (unpaired) electrons. The molecule has 1 saturated heterocycles. The van der Waals surface area contributed by atoms with Crippen molar-refractivity contribution in [2.75, 3.05) is 16.8 Å². The lowest BCUT2D eigenvalue weighted by molar-refractivity contribution is -0.0964. The molecule has 34 heavy (non-hydrogen) atoms. The van der Waals surface area contributed by atoms with Crippen molar-refractivity contribution >= 4 is 54.0 Å². The number of amides is 1. The smallest absolute Gasteiger partial charge is 0.420 e. The second-order valence-electron chi connectivity index (χ2n) is 9.59. The van der Waals surface area contributed by atoms with Crippen molar-refractivity contribution in [2.24, 2.45) is 11.3 Å². The van der Waals surface area contributed by atoms with Gasteiger partial charge in [0.15, 0.2) is 9.04 Å². The van der Waals surface area contributed by atoms with Crippen LogP contribution in [-0.4, -0.2) is 38.3 Å². The summed E-state index contributed by atoms with van der Waals surface area (Å²) in [4.78, 5) is 19.5. The van der Waals surface area contributed by atoms with Crippen LogP contribution in [0.15, 0.2) is 41.0 Å². The molecule has 1 aliphatic rings. The van der Waals surface area contributed by atoms with Crippen molar-refractivity contribution in [3.05, 3.63) is 46.6 Å². The number of carbonyl (C=O) groups is 1. The van der Waals surface area contributed by atoms with Crippen molar-refractivity contribution < 1.29 is 22.7 Å². The van der Waals surface area contributed by atoms with E-state index < -0.39 is 14.6 Å². The summed E-state index contributed by atoms with van der Waals surface area (Å²) < 4.78 is 36.9. The number of benzene rings is 1. The van der Waals surface area contributed by atoms with Gasteiger partial charge in [0.05, 0.1) is 10.0 Å². The topological polar surface area (TPSA) is 63.7 Å². The third-order valence-electron chi connectivity index (χ3n) is 5.56. The Balaban J connectivity index is 1.74. The molecule has 1 amide bonds. The first-order valence-corrected chi connectivity index (χ1v) is 14.9. The molecule has 1 aliphatic heterocycles. The van der Waals surface area contributed by atoms with Crippen molar-refractivity contribution in [3.8, 4) is 5.75 Å². The summed E-state index contributed by atoms with van der Waals surface area (Å²) in [5, 5.41) is 2.72. The van der Waals surface area contributed by atoms with Gasteiger partial charge in [0, 0.05) is 35.9 Å². The summed E-state index contributed by atoms with van der Waals surface area (Å²) in [5.74, 6) is 0.607. The quantitative estimate of drug-likeness (QED) is 0.303. The first-order chi connectivity index (χ1) is 15.7. The lowest BCUT2D eigenvalue weighted by Gasteiger charge is -2.37. The van der Waals surface area contributed by atoms with Gasteiger partial charge < -0.3 is 19.4 Å². The molecule has 2 unspecified atom stereocenters. The number of halogens is 4. The van der Waals surface area contributed by atoms with Crippen LogP contribution in [-0.2, 0) is 4.43 Å². The Bertz CT molecular complexity index is 1020. The number of hydrogen-bond acceptors (Lipinski definition) is 5. The summed E-state index contributed by atoms with van der Waals surface area (Å²) in [6.45, 7) is 11.8. The Labute approximate surface area is 213 Å². The highest BCUT2D eigenvalue weighted by atomic mass is 79.9. The zero-order chi connectivity index (χ0) is 25.3. The minimum atomic E-state index is -3.80. The van der Waals surface area contributed by atoms with Crippen LogP contribution in [0.4, 0.5) is 20.3 Å². The number of carbonyl (C=O) groups excluding carboxylic acids is 1. The molecule has 3 rings (SSSR count). The predicted octanol–water partition coefficient (Wildman–Crippen LogP) is 6.46. The van der Waals surface area contributed by atoms with E-state index in [1.54, 1.807) is 6.07 Å². The molecule has 2 heterocycles.